The Morgan fingerprint density at radius 1 is 1.20 bits per heavy atom. The minimum atomic E-state index is 0. The molecule has 0 bridgehead atoms. The Hall–Kier alpha value is -1.35. The van der Waals surface area contributed by atoms with Crippen LogP contribution in [0, 0.1) is 0 Å². The highest BCUT2D eigenvalue weighted by Gasteiger charge is 2.02. The van der Waals surface area contributed by atoms with Crippen molar-refractivity contribution in [2.75, 3.05) is 33.4 Å². The average molecular weight is 459 g/mol. The summed E-state index contributed by atoms with van der Waals surface area (Å²) in [7, 11) is 1.79. The summed E-state index contributed by atoms with van der Waals surface area (Å²) in [5, 5.41) is 6.63. The Labute approximate surface area is 167 Å². The number of hydrogen-bond donors (Lipinski definition) is 2. The Kier molecular flexibility index (Phi) is 11.2. The molecule has 0 saturated heterocycles. The number of nitrogens with zero attached hydrogens (tertiary/aromatic N) is 3. The van der Waals surface area contributed by atoms with Crippen molar-refractivity contribution >= 4 is 35.6 Å². The summed E-state index contributed by atoms with van der Waals surface area (Å²) in [6, 6.07) is 6.02. The summed E-state index contributed by atoms with van der Waals surface area (Å²) in [4.78, 5) is 8.83. The van der Waals surface area contributed by atoms with Gasteiger partial charge in [0.1, 0.15) is 5.65 Å². The van der Waals surface area contributed by atoms with E-state index in [4.69, 9.17) is 4.74 Å². The number of ether oxygens (including phenoxy) is 1. The molecular weight excluding hydrogens is 429 g/mol. The second-order valence-corrected chi connectivity index (χ2v) is 5.69. The largest absolute Gasteiger partial charge is 0.381 e. The number of nitrogens with one attached hydrogen (secondary N) is 2. The van der Waals surface area contributed by atoms with Gasteiger partial charge in [0.15, 0.2) is 5.96 Å². The summed E-state index contributed by atoms with van der Waals surface area (Å²) in [6.45, 7) is 5.50. The van der Waals surface area contributed by atoms with Gasteiger partial charge >= 0.3 is 0 Å². The van der Waals surface area contributed by atoms with Crippen LogP contribution in [0.4, 0.5) is 0 Å². The maximum atomic E-state index is 5.55. The molecule has 0 aliphatic heterocycles. The van der Waals surface area contributed by atoms with Crippen LogP contribution in [0.1, 0.15) is 31.9 Å². The van der Waals surface area contributed by atoms with E-state index < -0.39 is 0 Å². The highest BCUT2D eigenvalue weighted by molar-refractivity contribution is 14.0. The van der Waals surface area contributed by atoms with Crippen LogP contribution < -0.4 is 10.6 Å². The standard InChI is InChI=1S/C18H29N5O.HI/c1-3-4-13-24-14-7-10-20-18(19-2)21-11-9-16-15-23-12-6-5-8-17(23)22-16;/h5-6,8,12,15H,3-4,7,9-11,13-14H2,1-2H3,(H2,19,20,21);1H. The van der Waals surface area contributed by atoms with Gasteiger partial charge in [-0.05, 0) is 25.0 Å². The zero-order chi connectivity index (χ0) is 17.0. The molecule has 0 amide bonds. The molecule has 6 nitrogen and oxygen atoms in total. The lowest BCUT2D eigenvalue weighted by Crippen LogP contribution is -2.39. The van der Waals surface area contributed by atoms with Crippen molar-refractivity contribution in [3.63, 3.8) is 0 Å². The topological polar surface area (TPSA) is 63.0 Å². The molecule has 25 heavy (non-hydrogen) atoms. The van der Waals surface area contributed by atoms with E-state index in [1.54, 1.807) is 7.05 Å². The lowest BCUT2D eigenvalue weighted by molar-refractivity contribution is 0.129. The number of fused-ring (bicyclic) bond motifs is 1. The minimum Gasteiger partial charge on any atom is -0.381 e. The van der Waals surface area contributed by atoms with E-state index in [9.17, 15) is 0 Å². The fourth-order valence-electron chi connectivity index (χ4n) is 2.37. The van der Waals surface area contributed by atoms with Crippen LogP contribution in [-0.4, -0.2) is 48.7 Å². The van der Waals surface area contributed by atoms with Crippen molar-refractivity contribution in [2.24, 2.45) is 4.99 Å². The molecular formula is C18H30IN5O. The van der Waals surface area contributed by atoms with E-state index in [1.807, 2.05) is 28.8 Å². The molecule has 0 unspecified atom stereocenters. The molecule has 140 valence electrons. The molecule has 0 aliphatic rings. The zero-order valence-corrected chi connectivity index (χ0v) is 17.5. The molecule has 2 aromatic heterocycles. The molecule has 0 spiro atoms. The summed E-state index contributed by atoms with van der Waals surface area (Å²) < 4.78 is 7.59. The van der Waals surface area contributed by atoms with Gasteiger partial charge < -0.3 is 19.8 Å². The van der Waals surface area contributed by atoms with Crippen molar-refractivity contribution in [3.05, 3.63) is 36.3 Å². The minimum absolute atomic E-state index is 0. The van der Waals surface area contributed by atoms with Crippen LogP contribution in [-0.2, 0) is 11.2 Å². The van der Waals surface area contributed by atoms with Crippen molar-refractivity contribution in [1.82, 2.24) is 20.0 Å². The maximum absolute atomic E-state index is 5.55. The van der Waals surface area contributed by atoms with Crippen LogP contribution >= 0.6 is 24.0 Å². The fraction of sp³-hybridized carbons (Fsp3) is 0.556. The normalized spacial score (nSPS) is 11.4. The van der Waals surface area contributed by atoms with Crippen molar-refractivity contribution < 1.29 is 4.74 Å². The number of rotatable bonds is 10. The number of unbranched alkanes of at least 4 members (excludes halogenated alkanes) is 1. The first-order valence-electron chi connectivity index (χ1n) is 8.78. The third-order valence-corrected chi connectivity index (χ3v) is 3.71. The third-order valence-electron chi connectivity index (χ3n) is 3.71. The number of aromatic nitrogens is 2. The molecule has 0 atom stereocenters. The zero-order valence-electron chi connectivity index (χ0n) is 15.2. The first kappa shape index (κ1) is 21.7. The van der Waals surface area contributed by atoms with E-state index in [0.29, 0.717) is 0 Å². The van der Waals surface area contributed by atoms with E-state index >= 15 is 0 Å². The van der Waals surface area contributed by atoms with Crippen LogP contribution in [0.2, 0.25) is 0 Å². The van der Waals surface area contributed by atoms with Gasteiger partial charge in [-0.25, -0.2) is 4.98 Å². The second-order valence-electron chi connectivity index (χ2n) is 5.69. The van der Waals surface area contributed by atoms with Crippen molar-refractivity contribution in [3.8, 4) is 0 Å². The molecule has 2 rings (SSSR count). The SMILES string of the molecule is CCCCOCCCNC(=NC)NCCc1cn2ccccc2n1.I. The summed E-state index contributed by atoms with van der Waals surface area (Å²) in [5.41, 5.74) is 2.06. The summed E-state index contributed by atoms with van der Waals surface area (Å²) >= 11 is 0. The number of aliphatic imine (C=N–C) groups is 1. The molecule has 0 radical (unpaired) electrons. The highest BCUT2D eigenvalue weighted by Crippen LogP contribution is 2.04. The Morgan fingerprint density at radius 2 is 2.00 bits per heavy atom. The first-order valence-corrected chi connectivity index (χ1v) is 8.78. The van der Waals surface area contributed by atoms with Gasteiger partial charge in [0.2, 0.25) is 0 Å². The van der Waals surface area contributed by atoms with Gasteiger partial charge in [-0.2, -0.15) is 0 Å². The maximum Gasteiger partial charge on any atom is 0.190 e. The van der Waals surface area contributed by atoms with Gasteiger partial charge in [0.05, 0.1) is 5.69 Å². The highest BCUT2D eigenvalue weighted by atomic mass is 127. The van der Waals surface area contributed by atoms with Gasteiger partial charge in [-0.3, -0.25) is 4.99 Å². The smallest absolute Gasteiger partial charge is 0.190 e. The van der Waals surface area contributed by atoms with Gasteiger partial charge in [0, 0.05) is 52.2 Å². The predicted molar refractivity (Wildman–Crippen MR) is 114 cm³/mol. The summed E-state index contributed by atoms with van der Waals surface area (Å²) in [5.74, 6) is 0.826. The van der Waals surface area contributed by atoms with E-state index in [0.717, 1.165) is 62.9 Å². The number of pyridine rings is 1. The van der Waals surface area contributed by atoms with Crippen LogP contribution in [0.3, 0.4) is 0 Å². The fourth-order valence-corrected chi connectivity index (χ4v) is 2.37. The van der Waals surface area contributed by atoms with Crippen molar-refractivity contribution in [2.45, 2.75) is 32.6 Å². The van der Waals surface area contributed by atoms with E-state index in [-0.39, 0.29) is 24.0 Å². The summed E-state index contributed by atoms with van der Waals surface area (Å²) in [6.07, 6.45) is 8.25. The van der Waals surface area contributed by atoms with Crippen molar-refractivity contribution in [1.29, 1.82) is 0 Å². The van der Waals surface area contributed by atoms with E-state index in [2.05, 4.69) is 33.7 Å². The molecule has 0 fully saturated rings. The Morgan fingerprint density at radius 3 is 2.76 bits per heavy atom. The predicted octanol–water partition coefficient (Wildman–Crippen LogP) is 2.87. The number of guanidine groups is 1. The number of halogens is 1. The number of hydrogen-bond acceptors (Lipinski definition) is 3. The lowest BCUT2D eigenvalue weighted by atomic mass is 10.3. The molecule has 2 heterocycles. The number of imidazole rings is 1. The van der Waals surface area contributed by atoms with Gasteiger partial charge in [0.25, 0.3) is 0 Å². The Bertz CT molecular complexity index is 596. The third kappa shape index (κ3) is 8.04. The lowest BCUT2D eigenvalue weighted by Gasteiger charge is -2.11. The van der Waals surface area contributed by atoms with E-state index in [1.165, 1.54) is 6.42 Å². The second kappa shape index (κ2) is 12.9. The van der Waals surface area contributed by atoms with Crippen LogP contribution in [0.5, 0.6) is 0 Å². The molecule has 2 aromatic rings. The van der Waals surface area contributed by atoms with Gasteiger partial charge in [-0.15, -0.1) is 24.0 Å². The van der Waals surface area contributed by atoms with Crippen LogP contribution in [0.25, 0.3) is 5.65 Å². The van der Waals surface area contributed by atoms with Gasteiger partial charge in [-0.1, -0.05) is 19.4 Å². The molecule has 0 aliphatic carbocycles. The molecule has 2 N–H and O–H groups in total. The quantitative estimate of drug-likeness (QED) is 0.248. The average Bonchev–Trinajstić information content (AvgIpc) is 3.02. The monoisotopic (exact) mass is 459 g/mol. The molecule has 0 aromatic carbocycles. The molecule has 0 saturated carbocycles. The molecule has 7 heteroatoms. The Balaban J connectivity index is 0.00000312. The first-order chi connectivity index (χ1) is 11.8. The van der Waals surface area contributed by atoms with Crippen LogP contribution in [0.15, 0.2) is 35.6 Å².